The molecule has 0 aliphatic carbocycles. The van der Waals surface area contributed by atoms with Crippen LogP contribution in [-0.4, -0.2) is 133 Å². The molecule has 0 bridgehead atoms. The number of carbonyl (C=O) groups excluding carboxylic acids is 2. The summed E-state index contributed by atoms with van der Waals surface area (Å²) in [6, 6.07) is -1.47. The number of anilines is 2. The van der Waals surface area contributed by atoms with Crippen molar-refractivity contribution in [1.29, 1.82) is 0 Å². The molecule has 24 heteroatoms. The first-order chi connectivity index (χ1) is 70.0. The zero-order valence-electron chi connectivity index (χ0n) is 104. The Morgan fingerprint density at radius 2 is 0.934 bits per heavy atom. The Morgan fingerprint density at radius 1 is 0.557 bits per heavy atom. The Bertz CT molecular complexity index is 6880. The van der Waals surface area contributed by atoms with E-state index < -0.39 is 352 Å². The number of halogens is 10. The fraction of sp³-hybridized carbons (Fsp3) is 0.341. The van der Waals surface area contributed by atoms with Gasteiger partial charge in [-0.25, -0.2) is 17.6 Å². The average molecular weight is 1550 g/mol. The first kappa shape index (κ1) is 36.6. The number of hydrogen-bond donors (Lipinski definition) is 2. The standard InChI is InChI=1S/2C41H42F5N3O3S/c2*1-27-6-15-36-34(22-27)37(50)23-39(53-26-31-4-3-5-35(42)40(31)43)49(36)25-38(51)48(33-16-18-47(19-17-33)20-21-52-2)24-28-7-9-29(10-8-28)30-11-13-32(14-12-30)41(44,45)46/h2*3-15,22-23,33,37,50H,16-21,24-26H2,1-2H3/i2D3,6D,15D,16D2,17D2,18D2,19D2,20D2,21D2,22D,23D,24D2,25D2,26D2,33D;2D3,6D,15D,16D2,17D2,18D2,19D2,20D2,21D2,22D,23D,24D2,25D2,33D. The van der Waals surface area contributed by atoms with Crippen molar-refractivity contribution < 1.29 is 142 Å². The molecule has 4 heterocycles. The van der Waals surface area contributed by atoms with Crippen LogP contribution < -0.4 is 9.80 Å². The third kappa shape index (κ3) is 19.8. The van der Waals surface area contributed by atoms with Gasteiger partial charge in [0.05, 0.1) is 72.7 Å². The molecule has 2 N–H and O–H groups in total. The maximum absolute atomic E-state index is 15.9. The zero-order valence-corrected chi connectivity index (χ0v) is 55.5. The first-order valence-corrected chi connectivity index (χ1v) is 31.9. The fourth-order valence-electron chi connectivity index (χ4n) is 9.54. The second-order valence-electron chi connectivity index (χ2n) is 21.7. The van der Waals surface area contributed by atoms with Gasteiger partial charge in [-0.1, -0.05) is 132 Å². The summed E-state index contributed by atoms with van der Waals surface area (Å²) in [6.07, 6.45) is -34.6. The summed E-state index contributed by atoms with van der Waals surface area (Å²) in [6.45, 7) is -53.7. The van der Waals surface area contributed by atoms with Crippen molar-refractivity contribution in [3.8, 4) is 22.3 Å². The minimum absolute atomic E-state index is 0.0143. The minimum atomic E-state index is -5.16. The summed E-state index contributed by atoms with van der Waals surface area (Å²) in [4.78, 5) is 27.1. The highest BCUT2D eigenvalue weighted by Gasteiger charge is 2.37. The lowest BCUT2D eigenvalue weighted by Crippen LogP contribution is -2.50. The molecule has 0 radical (unpaired) electrons. The highest BCUT2D eigenvalue weighted by Crippen LogP contribution is 2.44. The molecule has 2 atom stereocenters. The van der Waals surface area contributed by atoms with E-state index in [2.05, 4.69) is 9.47 Å². The van der Waals surface area contributed by atoms with Crippen LogP contribution in [0.4, 0.5) is 55.3 Å². The fourth-order valence-corrected chi connectivity index (χ4v) is 11.3. The molecule has 8 aromatic carbocycles. The lowest BCUT2D eigenvalue weighted by molar-refractivity contribution is -0.138. The number of carbonyl (C=O) groups is 2. The number of likely N-dealkylation sites (tertiary alicyclic amines) is 2. The Labute approximate surface area is 690 Å². The summed E-state index contributed by atoms with van der Waals surface area (Å²) in [5, 5.41) is 20.6. The Balaban J connectivity index is 0.000000294. The van der Waals surface area contributed by atoms with Crippen molar-refractivity contribution in [2.45, 2.75) is 100 Å². The Kier molecular flexibility index (Phi) is 12.3. The molecule has 12 rings (SSSR count). The maximum atomic E-state index is 15.9. The number of benzene rings is 8. The van der Waals surface area contributed by atoms with Crippen molar-refractivity contribution in [3.05, 3.63) is 271 Å². The molecule has 8 aromatic rings. The quantitative estimate of drug-likeness (QED) is 0.0562. The summed E-state index contributed by atoms with van der Waals surface area (Å²) < 4.78 is 591. The Morgan fingerprint density at radius 3 is 1.33 bits per heavy atom. The van der Waals surface area contributed by atoms with E-state index in [1.54, 1.807) is 0 Å². The molecule has 106 heavy (non-hydrogen) atoms. The normalized spacial score (nSPS) is 29.7. The molecule has 560 valence electrons. The van der Waals surface area contributed by atoms with E-state index in [0.717, 1.165) is 80.6 Å². The van der Waals surface area contributed by atoms with E-state index in [9.17, 15) is 70.0 Å². The van der Waals surface area contributed by atoms with Crippen LogP contribution >= 0.6 is 23.5 Å². The number of fused-ring (bicyclic) bond motifs is 2. The summed E-state index contributed by atoms with van der Waals surface area (Å²) in [7, 11) is -7.90. The largest absolute Gasteiger partial charge is 0.416 e. The number of aliphatic hydroxyl groups is 2. The number of hydrogen-bond acceptors (Lipinski definition) is 12. The van der Waals surface area contributed by atoms with Crippen LogP contribution in [0.3, 0.4) is 0 Å². The van der Waals surface area contributed by atoms with Gasteiger partial charge in [-0.05, 0) is 133 Å². The lowest BCUT2D eigenvalue weighted by atomic mass is 9.99. The van der Waals surface area contributed by atoms with Crippen LogP contribution in [0, 0.1) is 37.1 Å². The van der Waals surface area contributed by atoms with E-state index in [4.69, 9.17) is 43.9 Å². The molecule has 12 nitrogen and oxygen atoms in total. The van der Waals surface area contributed by atoms with E-state index in [-0.39, 0.29) is 49.4 Å². The van der Waals surface area contributed by atoms with E-state index in [1.807, 2.05) is 0 Å². The van der Waals surface area contributed by atoms with Gasteiger partial charge in [0, 0.05) is 153 Å². The molecule has 2 amide bonds. The minimum Gasteiger partial charge on any atom is -0.384 e. The number of amides is 2. The third-order valence-corrected chi connectivity index (χ3v) is 16.4. The van der Waals surface area contributed by atoms with Crippen molar-refractivity contribution >= 4 is 46.7 Å². The SMILES string of the molecule is [2H]C1=C(SC([2H])([2H])c2cccc(F)c2F)N(C([2H])([2H])C(=O)N(C([2H])([2H])c2ccc(-c3ccc(C(F)(F)F)cc3)cc2)C2([2H])C([2H])([2H])C([2H])([2H])N(C([2H])([2H])C([2H])([2H])OC([2H])([2H])[2H])C([2H])([2H])C2([2H])[2H])c2c([2H])c([2H])c(C)c([2H])c2C1O.[2H]C1=C(SCc2cccc(F)c2F)N(C([2H])([2H])C(=O)N(C([2H])([2H])c2ccc(-c3ccc(C(F)(F)F)cc3)cc2)C2([2H])C([2H])([2H])C([2H])([2H])N(C([2H])([2H])C([2H])([2H])OC([2H])([2H])[2H])C([2H])([2H])C2([2H])[2H])c2c([2H])c([2H])c(C)c([2H])c2C1O. The maximum Gasteiger partial charge on any atom is 0.416 e. The van der Waals surface area contributed by atoms with Crippen molar-refractivity contribution in [2.75, 3.05) is 89.0 Å². The average Bonchev–Trinajstić information content (AvgIpc) is 0.651. The lowest BCUT2D eigenvalue weighted by Gasteiger charge is -2.40. The van der Waals surface area contributed by atoms with Crippen LogP contribution in [0.1, 0.15) is 162 Å². The first-order valence-electron chi connectivity index (χ1n) is 55.1. The number of thioether (sulfide) groups is 2. The van der Waals surface area contributed by atoms with Crippen molar-refractivity contribution in [1.82, 2.24) is 19.6 Å². The van der Waals surface area contributed by atoms with Crippen LogP contribution in [-0.2, 0) is 55.9 Å². The van der Waals surface area contributed by atoms with E-state index in [1.165, 1.54) is 0 Å². The third-order valence-electron chi connectivity index (χ3n) is 14.6. The van der Waals surface area contributed by atoms with Gasteiger partial charge in [0.1, 0.15) is 25.2 Å². The smallest absolute Gasteiger partial charge is 0.384 e. The van der Waals surface area contributed by atoms with Gasteiger partial charge in [0.2, 0.25) is 11.8 Å². The van der Waals surface area contributed by atoms with Crippen LogP contribution in [0.5, 0.6) is 0 Å². The molecular formula is C82H84F10N6O6S2. The van der Waals surface area contributed by atoms with E-state index >= 15 is 18.4 Å². The van der Waals surface area contributed by atoms with Gasteiger partial charge in [0.15, 0.2) is 23.3 Å². The molecule has 0 spiro atoms. The van der Waals surface area contributed by atoms with E-state index in [0.29, 0.717) is 66.7 Å². The van der Waals surface area contributed by atoms with Gasteiger partial charge in [-0.2, -0.15) is 26.3 Å². The van der Waals surface area contributed by atoms with Gasteiger partial charge in [0.25, 0.3) is 0 Å². The molecule has 0 saturated carbocycles. The zero-order chi connectivity index (χ0) is 120. The van der Waals surface area contributed by atoms with Crippen molar-refractivity contribution in [2.24, 2.45) is 0 Å². The number of piperidine rings is 2. The molecule has 2 saturated heterocycles. The second kappa shape index (κ2) is 35.5. The number of ether oxygens (including phenoxy) is 2. The number of methoxy groups -OCH3 is 2. The van der Waals surface area contributed by atoms with Gasteiger partial charge in [-0.3, -0.25) is 9.59 Å². The predicted octanol–water partition coefficient (Wildman–Crippen LogP) is 17.5. The molecule has 0 aromatic heterocycles. The number of rotatable bonds is 24. The molecule has 4 aliphatic rings. The second-order valence-corrected chi connectivity index (χ2v) is 23.4. The van der Waals surface area contributed by atoms with Gasteiger partial charge in [-0.15, -0.1) is 23.5 Å². The van der Waals surface area contributed by atoms with Crippen LogP contribution in [0.15, 0.2) is 192 Å². The summed E-state index contributed by atoms with van der Waals surface area (Å²) in [5.74, 6) is -13.1. The molecule has 2 fully saturated rings. The molecular weight excluding hydrogens is 1420 g/mol. The van der Waals surface area contributed by atoms with Gasteiger partial charge >= 0.3 is 12.4 Å². The molecule has 4 aliphatic heterocycles. The van der Waals surface area contributed by atoms with Crippen molar-refractivity contribution in [3.63, 3.8) is 0 Å². The summed E-state index contributed by atoms with van der Waals surface area (Å²) >= 11 is -0.414. The predicted molar refractivity (Wildman–Crippen MR) is 396 cm³/mol. The highest BCUT2D eigenvalue weighted by atomic mass is 32.2. The van der Waals surface area contributed by atoms with Crippen LogP contribution in [0.25, 0.3) is 22.3 Å². The monoisotopic (exact) mass is 1550 g/mol. The number of alkyl halides is 6. The van der Waals surface area contributed by atoms with Crippen LogP contribution in [0.2, 0.25) is 0 Å². The number of nitrogens with zero attached hydrogens (tertiary/aromatic N) is 6. The number of aliphatic hydroxyl groups excluding tert-OH is 2. The molecule has 2 unspecified atom stereocenters. The Hall–Kier alpha value is -8.46. The summed E-state index contributed by atoms with van der Waals surface area (Å²) in [5.41, 5.74) is -15.0. The highest BCUT2D eigenvalue weighted by molar-refractivity contribution is 8.02. The topological polar surface area (TPSA) is 113 Å². The van der Waals surface area contributed by atoms with Gasteiger partial charge < -0.3 is 49.1 Å².